The van der Waals surface area contributed by atoms with E-state index in [0.29, 0.717) is 29.3 Å². The molecule has 1 N–H and O–H groups in total. The van der Waals surface area contributed by atoms with Gasteiger partial charge in [-0.05, 0) is 25.0 Å². The fourth-order valence-corrected chi connectivity index (χ4v) is 4.26. The SMILES string of the molecule is Cc1nc(-c2ccc(S(=O)(=O)NCc3nc(N(C)C)nc(N4CCCC4)n3)cc2)co1. The summed E-state index contributed by atoms with van der Waals surface area (Å²) in [6.07, 6.45) is 3.72. The van der Waals surface area contributed by atoms with E-state index in [0.717, 1.165) is 31.5 Å². The molecule has 164 valence electrons. The van der Waals surface area contributed by atoms with Crippen molar-refractivity contribution in [3.63, 3.8) is 0 Å². The monoisotopic (exact) mass is 443 g/mol. The molecule has 0 aliphatic carbocycles. The molecule has 0 amide bonds. The molecule has 1 fully saturated rings. The van der Waals surface area contributed by atoms with Gasteiger partial charge in [0.1, 0.15) is 12.0 Å². The van der Waals surface area contributed by atoms with Crippen molar-refractivity contribution in [1.29, 1.82) is 0 Å². The zero-order valence-electron chi connectivity index (χ0n) is 17.7. The number of nitrogens with one attached hydrogen (secondary N) is 1. The van der Waals surface area contributed by atoms with Gasteiger partial charge in [-0.25, -0.2) is 18.1 Å². The number of hydrogen-bond acceptors (Lipinski definition) is 9. The first-order valence-corrected chi connectivity index (χ1v) is 11.5. The van der Waals surface area contributed by atoms with Crippen LogP contribution in [0.25, 0.3) is 11.3 Å². The summed E-state index contributed by atoms with van der Waals surface area (Å²) in [6, 6.07) is 6.47. The summed E-state index contributed by atoms with van der Waals surface area (Å²) in [5, 5.41) is 0. The minimum atomic E-state index is -3.74. The predicted octanol–water partition coefficient (Wildman–Crippen LogP) is 1.98. The van der Waals surface area contributed by atoms with E-state index in [1.807, 2.05) is 14.1 Å². The molecule has 11 heteroatoms. The van der Waals surface area contributed by atoms with Crippen molar-refractivity contribution < 1.29 is 12.8 Å². The zero-order chi connectivity index (χ0) is 22.0. The van der Waals surface area contributed by atoms with Crippen molar-refractivity contribution in [2.24, 2.45) is 0 Å². The zero-order valence-corrected chi connectivity index (χ0v) is 18.6. The van der Waals surface area contributed by atoms with E-state index < -0.39 is 10.0 Å². The second-order valence-corrected chi connectivity index (χ2v) is 9.31. The highest BCUT2D eigenvalue weighted by Crippen LogP contribution is 2.21. The molecule has 0 spiro atoms. The average Bonchev–Trinajstić information content (AvgIpc) is 3.44. The molecule has 1 aromatic carbocycles. The summed E-state index contributed by atoms with van der Waals surface area (Å²) in [6.45, 7) is 3.50. The first kappa shape index (κ1) is 21.2. The van der Waals surface area contributed by atoms with E-state index in [4.69, 9.17) is 4.42 Å². The fourth-order valence-electron chi connectivity index (χ4n) is 3.28. The third kappa shape index (κ3) is 4.83. The molecule has 2 aromatic heterocycles. The van der Waals surface area contributed by atoms with Gasteiger partial charge in [-0.15, -0.1) is 0 Å². The standard InChI is InChI=1S/C20H25N7O3S/c1-14-22-17(13-30-14)15-6-8-16(9-7-15)31(28,29)21-12-18-23-19(26(2)3)25-20(24-18)27-10-4-5-11-27/h6-9,13,21H,4-5,10-12H2,1-3H3. The Kier molecular flexibility index (Phi) is 5.88. The highest BCUT2D eigenvalue weighted by atomic mass is 32.2. The lowest BCUT2D eigenvalue weighted by Gasteiger charge is -2.19. The van der Waals surface area contributed by atoms with Crippen molar-refractivity contribution >= 4 is 21.9 Å². The van der Waals surface area contributed by atoms with Crippen LogP contribution in [-0.2, 0) is 16.6 Å². The number of nitrogens with zero attached hydrogens (tertiary/aromatic N) is 6. The molecule has 3 heterocycles. The van der Waals surface area contributed by atoms with Gasteiger partial charge >= 0.3 is 0 Å². The topological polar surface area (TPSA) is 117 Å². The summed E-state index contributed by atoms with van der Waals surface area (Å²) in [4.78, 5) is 21.6. The molecule has 4 rings (SSSR count). The maximum atomic E-state index is 12.8. The minimum Gasteiger partial charge on any atom is -0.449 e. The second-order valence-electron chi connectivity index (χ2n) is 7.54. The van der Waals surface area contributed by atoms with E-state index in [2.05, 4.69) is 29.6 Å². The number of benzene rings is 1. The molecular weight excluding hydrogens is 418 g/mol. The van der Waals surface area contributed by atoms with Gasteiger partial charge in [0.05, 0.1) is 11.4 Å². The Hall–Kier alpha value is -3.05. The number of aromatic nitrogens is 4. The second kappa shape index (κ2) is 8.60. The van der Waals surface area contributed by atoms with Crippen molar-refractivity contribution in [1.82, 2.24) is 24.7 Å². The van der Waals surface area contributed by atoms with Crippen molar-refractivity contribution in [2.45, 2.75) is 31.2 Å². The molecule has 0 bridgehead atoms. The van der Waals surface area contributed by atoms with Crippen LogP contribution in [0.15, 0.2) is 39.8 Å². The Labute approximate surface area is 181 Å². The number of anilines is 2. The van der Waals surface area contributed by atoms with Crippen molar-refractivity contribution in [3.05, 3.63) is 42.2 Å². The van der Waals surface area contributed by atoms with Gasteiger partial charge < -0.3 is 14.2 Å². The van der Waals surface area contributed by atoms with Crippen molar-refractivity contribution in [2.75, 3.05) is 37.0 Å². The maximum absolute atomic E-state index is 12.8. The van der Waals surface area contributed by atoms with Crippen LogP contribution in [0.2, 0.25) is 0 Å². The highest BCUT2D eigenvalue weighted by molar-refractivity contribution is 7.89. The van der Waals surface area contributed by atoms with Gasteiger partial charge in [0.2, 0.25) is 21.9 Å². The quantitative estimate of drug-likeness (QED) is 0.585. The average molecular weight is 444 g/mol. The first-order chi connectivity index (χ1) is 14.8. The van der Waals surface area contributed by atoms with E-state index >= 15 is 0 Å². The Balaban J connectivity index is 1.51. The van der Waals surface area contributed by atoms with Crippen LogP contribution in [0.4, 0.5) is 11.9 Å². The summed E-state index contributed by atoms with van der Waals surface area (Å²) < 4.78 is 33.4. The van der Waals surface area contributed by atoms with Crippen LogP contribution < -0.4 is 14.5 Å². The summed E-state index contributed by atoms with van der Waals surface area (Å²) >= 11 is 0. The lowest BCUT2D eigenvalue weighted by Crippen LogP contribution is -2.27. The highest BCUT2D eigenvalue weighted by Gasteiger charge is 2.20. The molecule has 0 atom stereocenters. The van der Waals surface area contributed by atoms with Crippen LogP contribution >= 0.6 is 0 Å². The minimum absolute atomic E-state index is 0.0310. The Morgan fingerprint density at radius 3 is 2.39 bits per heavy atom. The van der Waals surface area contributed by atoms with Gasteiger partial charge in [-0.2, -0.15) is 15.0 Å². The molecule has 0 radical (unpaired) electrons. The summed E-state index contributed by atoms with van der Waals surface area (Å²) in [7, 11) is -0.0542. The van der Waals surface area contributed by atoms with Gasteiger partial charge in [0.15, 0.2) is 11.7 Å². The predicted molar refractivity (Wildman–Crippen MR) is 116 cm³/mol. The van der Waals surface area contributed by atoms with Crippen LogP contribution in [0, 0.1) is 6.92 Å². The Bertz CT molecular complexity index is 1150. The molecule has 0 unspecified atom stereocenters. The number of aryl methyl sites for hydroxylation is 1. The normalized spacial score (nSPS) is 14.2. The Morgan fingerprint density at radius 1 is 1.06 bits per heavy atom. The lowest BCUT2D eigenvalue weighted by molar-refractivity contribution is 0.521. The van der Waals surface area contributed by atoms with Crippen LogP contribution in [0.5, 0.6) is 0 Å². The largest absolute Gasteiger partial charge is 0.449 e. The van der Waals surface area contributed by atoms with E-state index in [9.17, 15) is 8.42 Å². The lowest BCUT2D eigenvalue weighted by atomic mass is 10.2. The smallest absolute Gasteiger partial charge is 0.240 e. The molecule has 1 aliphatic rings. The van der Waals surface area contributed by atoms with E-state index in [1.165, 1.54) is 18.4 Å². The summed E-state index contributed by atoms with van der Waals surface area (Å²) in [5.74, 6) is 2.01. The number of hydrogen-bond donors (Lipinski definition) is 1. The first-order valence-electron chi connectivity index (χ1n) is 10.0. The number of rotatable bonds is 7. The van der Waals surface area contributed by atoms with Gasteiger partial charge in [0.25, 0.3) is 0 Å². The molecular formula is C20H25N7O3S. The number of sulfonamides is 1. The molecule has 3 aromatic rings. The van der Waals surface area contributed by atoms with Crippen LogP contribution in [0.3, 0.4) is 0 Å². The molecule has 31 heavy (non-hydrogen) atoms. The van der Waals surface area contributed by atoms with Gasteiger partial charge in [-0.3, -0.25) is 0 Å². The van der Waals surface area contributed by atoms with Crippen molar-refractivity contribution in [3.8, 4) is 11.3 Å². The Morgan fingerprint density at radius 2 is 1.77 bits per heavy atom. The third-order valence-corrected chi connectivity index (χ3v) is 6.36. The summed E-state index contributed by atoms with van der Waals surface area (Å²) in [5.41, 5.74) is 1.43. The molecule has 1 aliphatic heterocycles. The molecule has 1 saturated heterocycles. The van der Waals surface area contributed by atoms with Crippen LogP contribution in [-0.4, -0.2) is 55.5 Å². The van der Waals surface area contributed by atoms with E-state index in [-0.39, 0.29) is 11.4 Å². The molecule has 0 saturated carbocycles. The van der Waals surface area contributed by atoms with Crippen LogP contribution in [0.1, 0.15) is 24.6 Å². The fraction of sp³-hybridized carbons (Fsp3) is 0.400. The number of oxazole rings is 1. The molecule has 10 nitrogen and oxygen atoms in total. The van der Waals surface area contributed by atoms with Gasteiger partial charge in [-0.1, -0.05) is 12.1 Å². The maximum Gasteiger partial charge on any atom is 0.240 e. The van der Waals surface area contributed by atoms with Gasteiger partial charge in [0, 0.05) is 39.7 Å². The van der Waals surface area contributed by atoms with E-state index in [1.54, 1.807) is 24.0 Å². The third-order valence-electron chi connectivity index (χ3n) is 4.95.